The lowest BCUT2D eigenvalue weighted by molar-refractivity contribution is -0.141. The third-order valence-corrected chi connectivity index (χ3v) is 15.8. The van der Waals surface area contributed by atoms with Gasteiger partial charge < -0.3 is 58.3 Å². The van der Waals surface area contributed by atoms with Gasteiger partial charge in [-0.3, -0.25) is 59.6 Å². The zero-order chi connectivity index (χ0) is 65.8. The fraction of sp³-hybridized carbons (Fsp3) is 0.500. The molecule has 0 unspecified atom stereocenters. The van der Waals surface area contributed by atoms with Crippen molar-refractivity contribution in [1.29, 1.82) is 0 Å². The van der Waals surface area contributed by atoms with E-state index >= 15 is 19.2 Å². The Morgan fingerprint density at radius 3 is 0.534 bits per heavy atom. The lowest BCUT2D eigenvalue weighted by Crippen LogP contribution is -2.44. The first-order valence-electron chi connectivity index (χ1n) is 28.6. The van der Waals surface area contributed by atoms with Crippen molar-refractivity contribution in [1.82, 2.24) is 21.3 Å². The lowest BCUT2D eigenvalue weighted by Gasteiger charge is -2.31. The minimum absolute atomic E-state index is 0.00139. The first-order chi connectivity index (χ1) is 41.6. The molecule has 480 valence electrons. The highest BCUT2D eigenvalue weighted by atomic mass is 16.5. The number of ketones is 4. The van der Waals surface area contributed by atoms with Gasteiger partial charge >= 0.3 is 23.9 Å². The van der Waals surface area contributed by atoms with E-state index < -0.39 is 145 Å². The average Bonchev–Trinajstić information content (AvgIpc) is 0.784. The molecule has 8 bridgehead atoms. The van der Waals surface area contributed by atoms with E-state index in [0.717, 1.165) is 0 Å². The van der Waals surface area contributed by atoms with Crippen LogP contribution in [0.4, 0.5) is 0 Å². The number of hydrogen-bond donors (Lipinski definition) is 8. The Morgan fingerprint density at radius 1 is 0.295 bits per heavy atom. The number of carboxylic acids is 4. The molecular weight excluding hydrogens is 1140 g/mol. The summed E-state index contributed by atoms with van der Waals surface area (Å²) in [6.07, 6.45) is 0. The van der Waals surface area contributed by atoms with Gasteiger partial charge in [0.05, 0.1) is 107 Å². The van der Waals surface area contributed by atoms with Gasteiger partial charge in [0.2, 0.25) is 0 Å². The van der Waals surface area contributed by atoms with Crippen LogP contribution < -0.4 is 59.2 Å². The molecule has 8 N–H and O–H groups in total. The molecule has 0 aromatic heterocycles. The third-order valence-electron chi connectivity index (χ3n) is 15.8. The number of aliphatic carboxylic acids is 4. The second-order valence-electron chi connectivity index (χ2n) is 22.7. The number of ether oxygens (including phenoxy) is 8. The molecule has 24 heteroatoms. The van der Waals surface area contributed by atoms with E-state index in [1.165, 1.54) is 105 Å². The molecule has 4 aromatic rings. The van der Waals surface area contributed by atoms with Crippen LogP contribution in [0.5, 0.6) is 46.0 Å². The Hall–Kier alpha value is -8.32. The van der Waals surface area contributed by atoms with E-state index in [-0.39, 0.29) is 90.5 Å². The summed E-state index contributed by atoms with van der Waals surface area (Å²) in [5, 5.41) is 53.0. The van der Waals surface area contributed by atoms with Crippen molar-refractivity contribution in [2.45, 2.75) is 103 Å². The molecule has 4 aromatic carbocycles. The number of carbonyl (C=O) groups excluding carboxylic acids is 4. The van der Waals surface area contributed by atoms with Crippen LogP contribution in [0, 0.1) is 23.7 Å². The maximum atomic E-state index is 15.8. The van der Waals surface area contributed by atoms with Crippen LogP contribution in [0.3, 0.4) is 0 Å². The summed E-state index contributed by atoms with van der Waals surface area (Å²) in [6.45, 7) is 10.8. The van der Waals surface area contributed by atoms with Crippen LogP contribution in [-0.4, -0.2) is 175 Å². The molecule has 0 fully saturated rings. The van der Waals surface area contributed by atoms with Crippen molar-refractivity contribution in [3.63, 3.8) is 0 Å². The summed E-state index contributed by atoms with van der Waals surface area (Å²) in [5.41, 5.74) is 0.329. The summed E-state index contributed by atoms with van der Waals surface area (Å²) in [7, 11) is 10.6. The number of hydrogen-bond acceptors (Lipinski definition) is 20. The highest BCUT2D eigenvalue weighted by Crippen LogP contribution is 2.52. The average molecular weight is 1230 g/mol. The molecular formula is C64H84N4O20. The Balaban J connectivity index is 2.20. The minimum Gasteiger partial charge on any atom is -0.496 e. The minimum atomic E-state index is -1.57. The molecule has 0 saturated carbocycles. The zero-order valence-corrected chi connectivity index (χ0v) is 52.7. The fourth-order valence-electron chi connectivity index (χ4n) is 11.3. The summed E-state index contributed by atoms with van der Waals surface area (Å²) in [5.74, 6) is -16.1. The van der Waals surface area contributed by atoms with Crippen molar-refractivity contribution < 1.29 is 96.7 Å². The zero-order valence-electron chi connectivity index (χ0n) is 52.7. The van der Waals surface area contributed by atoms with Crippen molar-refractivity contribution in [2.24, 2.45) is 23.7 Å². The Labute approximate surface area is 512 Å². The largest absolute Gasteiger partial charge is 0.496 e. The fourth-order valence-corrected chi connectivity index (χ4v) is 11.3. The van der Waals surface area contributed by atoms with Crippen LogP contribution in [0.1, 0.15) is 124 Å². The molecule has 0 heterocycles. The SMILES string of the molecule is COc1cc(OC)c2cc1C(C(=O)CN[C@H](C(=O)O)C(C)C)c1cc(c(OC)cc1OC)C(C(=O)CN[C@H](C(=O)O)C(C)C)c1cc(c(OC)cc1OC)C(C(=O)CN[C@H](C(=O)O)C(C)C)c1cc(c(OC)cc1OC)C2C(=O)CN[C@H](C(=O)O)C(C)C. The van der Waals surface area contributed by atoms with Gasteiger partial charge in [-0.15, -0.1) is 0 Å². The molecule has 0 saturated heterocycles. The van der Waals surface area contributed by atoms with E-state index in [0.29, 0.717) is 0 Å². The molecule has 88 heavy (non-hydrogen) atoms. The first kappa shape index (κ1) is 70.4. The highest BCUT2D eigenvalue weighted by molar-refractivity contribution is 5.98. The second kappa shape index (κ2) is 31.0. The standard InChI is InChI=1S/C64H84N4O20/c1-29(2)57(61(73)74)65-25-41(69)53-33-17-35(47(83-11)21-45(33)81-9)54(42(70)26-66-58(30(3)4)62(75)76)37-19-39(51(87-15)23-49(37)85-13)56(44(72)28-68-60(32(7)8)64(79)80)40-20-38(50(86-14)24-52(40)88-16)55(43(71)27-67-59(31(5)6)63(77)78)36-18-34(53)46(82-10)22-48(36)84-12/h17-24,29-32,53-60,65-68H,25-28H2,1-16H3,(H,73,74)(H,75,76)(H,77,78)(H,79,80)/t53?,54?,55?,56?,57-,58-,59-,60-/m0/s1. The van der Waals surface area contributed by atoms with Crippen LogP contribution in [0.25, 0.3) is 0 Å². The van der Waals surface area contributed by atoms with Gasteiger partial charge in [-0.1, -0.05) is 55.4 Å². The topological polar surface area (TPSA) is 339 Å². The molecule has 0 amide bonds. The molecule has 0 radical (unpaired) electrons. The smallest absolute Gasteiger partial charge is 0.320 e. The summed E-state index contributed by atoms with van der Waals surface area (Å²) in [6, 6.07) is 6.71. The molecule has 0 spiro atoms. The maximum absolute atomic E-state index is 15.8. The predicted molar refractivity (Wildman–Crippen MR) is 323 cm³/mol. The quantitative estimate of drug-likeness (QED) is 0.0292. The number of fused-ring (bicyclic) bond motifs is 8. The van der Waals surface area contributed by atoms with Crippen molar-refractivity contribution in [3.05, 3.63) is 93.0 Å². The number of carboxylic acid groups (broad SMARTS) is 4. The molecule has 5 rings (SSSR count). The van der Waals surface area contributed by atoms with Crippen LogP contribution >= 0.6 is 0 Å². The van der Waals surface area contributed by atoms with E-state index in [1.54, 1.807) is 55.4 Å². The van der Waals surface area contributed by atoms with Gasteiger partial charge in [-0.05, 0) is 47.9 Å². The van der Waals surface area contributed by atoms with Gasteiger partial charge in [0.15, 0.2) is 23.1 Å². The Morgan fingerprint density at radius 2 is 0.432 bits per heavy atom. The highest BCUT2D eigenvalue weighted by Gasteiger charge is 2.42. The van der Waals surface area contributed by atoms with Gasteiger partial charge in [0.1, 0.15) is 70.2 Å². The van der Waals surface area contributed by atoms with Crippen molar-refractivity contribution >= 4 is 47.0 Å². The lowest BCUT2D eigenvalue weighted by atomic mass is 9.76. The van der Waals surface area contributed by atoms with Gasteiger partial charge in [0.25, 0.3) is 0 Å². The normalized spacial score (nSPS) is 16.9. The number of rotatable bonds is 32. The van der Waals surface area contributed by atoms with E-state index in [4.69, 9.17) is 37.9 Å². The molecule has 1 aliphatic carbocycles. The molecule has 1 aliphatic rings. The Kier molecular flexibility index (Phi) is 24.8. The molecule has 0 aliphatic heterocycles. The first-order valence-corrected chi connectivity index (χ1v) is 28.6. The van der Waals surface area contributed by atoms with E-state index in [9.17, 15) is 39.6 Å². The number of nitrogens with one attached hydrogen (secondary N) is 4. The van der Waals surface area contributed by atoms with Gasteiger partial charge in [0, 0.05) is 68.8 Å². The van der Waals surface area contributed by atoms with E-state index in [1.807, 2.05) is 0 Å². The number of Topliss-reactive ketones (excluding diaryl/α,β-unsaturated/α-hetero) is 4. The van der Waals surface area contributed by atoms with E-state index in [2.05, 4.69) is 21.3 Å². The van der Waals surface area contributed by atoms with Gasteiger partial charge in [-0.25, -0.2) is 0 Å². The van der Waals surface area contributed by atoms with Crippen LogP contribution in [-0.2, 0) is 38.4 Å². The van der Waals surface area contributed by atoms with Crippen molar-refractivity contribution in [3.8, 4) is 46.0 Å². The van der Waals surface area contributed by atoms with Gasteiger partial charge in [-0.2, -0.15) is 0 Å². The number of carbonyl (C=O) groups is 8. The summed E-state index contributed by atoms with van der Waals surface area (Å²) < 4.78 is 48.8. The second-order valence-corrected chi connectivity index (χ2v) is 22.7. The monoisotopic (exact) mass is 1230 g/mol. The summed E-state index contributed by atoms with van der Waals surface area (Å²) >= 11 is 0. The Bertz CT molecular complexity index is 2700. The van der Waals surface area contributed by atoms with Crippen molar-refractivity contribution in [2.75, 3.05) is 83.1 Å². The molecule has 24 nitrogen and oxygen atoms in total. The summed E-state index contributed by atoms with van der Waals surface area (Å²) in [4.78, 5) is 114. The maximum Gasteiger partial charge on any atom is 0.320 e. The number of methoxy groups -OCH3 is 8. The third kappa shape index (κ3) is 15.5. The number of benzene rings is 4. The molecule has 4 atom stereocenters. The van der Waals surface area contributed by atoms with Crippen LogP contribution in [0.2, 0.25) is 0 Å². The predicted octanol–water partition coefficient (Wildman–Crippen LogP) is 5.67. The van der Waals surface area contributed by atoms with Crippen LogP contribution in [0.15, 0.2) is 48.5 Å².